The SMILES string of the molecule is CCN(CC)S(=O)(=O)c1cccc(C(=O)N[C@@H](CC(C)C)C(=O)O)c1. The van der Waals surface area contributed by atoms with Crippen LogP contribution in [0.5, 0.6) is 0 Å². The summed E-state index contributed by atoms with van der Waals surface area (Å²) in [6.45, 7) is 7.84. The van der Waals surface area contributed by atoms with Crippen LogP contribution in [0.3, 0.4) is 0 Å². The Hall–Kier alpha value is -1.93. The third kappa shape index (κ3) is 5.54. The molecule has 0 heterocycles. The predicted octanol–water partition coefficient (Wildman–Crippen LogP) is 1.95. The predicted molar refractivity (Wildman–Crippen MR) is 94.9 cm³/mol. The summed E-state index contributed by atoms with van der Waals surface area (Å²) in [7, 11) is -3.68. The fraction of sp³-hybridized carbons (Fsp3) is 0.529. The van der Waals surface area contributed by atoms with Gasteiger partial charge in [-0.05, 0) is 30.5 Å². The lowest BCUT2D eigenvalue weighted by atomic mass is 10.0. The first kappa shape index (κ1) is 21.1. The second-order valence-electron chi connectivity index (χ2n) is 6.11. The molecule has 140 valence electrons. The molecule has 1 amide bonds. The number of carbonyl (C=O) groups is 2. The van der Waals surface area contributed by atoms with Crippen LogP contribution in [0, 0.1) is 5.92 Å². The van der Waals surface area contributed by atoms with Crippen molar-refractivity contribution in [2.75, 3.05) is 13.1 Å². The zero-order valence-corrected chi connectivity index (χ0v) is 15.8. The largest absolute Gasteiger partial charge is 0.480 e. The maximum absolute atomic E-state index is 12.5. The number of benzene rings is 1. The molecule has 0 aliphatic heterocycles. The Morgan fingerprint density at radius 2 is 1.80 bits per heavy atom. The van der Waals surface area contributed by atoms with Crippen molar-refractivity contribution in [1.82, 2.24) is 9.62 Å². The molecule has 8 heteroatoms. The van der Waals surface area contributed by atoms with E-state index >= 15 is 0 Å². The number of sulfonamides is 1. The lowest BCUT2D eigenvalue weighted by molar-refractivity contribution is -0.139. The Bertz CT molecular complexity index is 712. The van der Waals surface area contributed by atoms with Crippen LogP contribution in [-0.2, 0) is 14.8 Å². The quantitative estimate of drug-likeness (QED) is 0.691. The average molecular weight is 370 g/mol. The lowest BCUT2D eigenvalue weighted by Crippen LogP contribution is -2.41. The molecule has 0 aromatic heterocycles. The average Bonchev–Trinajstić information content (AvgIpc) is 2.54. The van der Waals surface area contributed by atoms with E-state index in [1.54, 1.807) is 13.8 Å². The lowest BCUT2D eigenvalue weighted by Gasteiger charge is -2.19. The molecule has 2 N–H and O–H groups in total. The van der Waals surface area contributed by atoms with Gasteiger partial charge in [-0.25, -0.2) is 13.2 Å². The Morgan fingerprint density at radius 3 is 2.28 bits per heavy atom. The van der Waals surface area contributed by atoms with E-state index in [2.05, 4.69) is 5.32 Å². The van der Waals surface area contributed by atoms with Gasteiger partial charge in [0.2, 0.25) is 10.0 Å². The number of nitrogens with zero attached hydrogens (tertiary/aromatic N) is 1. The van der Waals surface area contributed by atoms with Crippen molar-refractivity contribution in [3.63, 3.8) is 0 Å². The first-order valence-corrected chi connectivity index (χ1v) is 9.71. The van der Waals surface area contributed by atoms with E-state index < -0.39 is 27.9 Å². The fourth-order valence-electron chi connectivity index (χ4n) is 2.44. The summed E-state index contributed by atoms with van der Waals surface area (Å²) in [5.74, 6) is -1.63. The van der Waals surface area contributed by atoms with Crippen molar-refractivity contribution in [2.24, 2.45) is 5.92 Å². The van der Waals surface area contributed by atoms with Gasteiger partial charge in [0.25, 0.3) is 5.91 Å². The van der Waals surface area contributed by atoms with Crippen LogP contribution < -0.4 is 5.32 Å². The van der Waals surface area contributed by atoms with Crippen LogP contribution in [-0.4, -0.2) is 48.8 Å². The second-order valence-corrected chi connectivity index (χ2v) is 8.05. The molecule has 0 saturated carbocycles. The molecule has 0 spiro atoms. The molecule has 7 nitrogen and oxygen atoms in total. The molecule has 25 heavy (non-hydrogen) atoms. The van der Waals surface area contributed by atoms with E-state index in [9.17, 15) is 23.1 Å². The highest BCUT2D eigenvalue weighted by atomic mass is 32.2. The molecule has 1 rings (SSSR count). The number of hydrogen-bond acceptors (Lipinski definition) is 4. The number of carboxylic acids is 1. The summed E-state index contributed by atoms with van der Waals surface area (Å²) in [5, 5.41) is 11.7. The minimum atomic E-state index is -3.68. The van der Waals surface area contributed by atoms with Gasteiger partial charge < -0.3 is 10.4 Å². The zero-order chi connectivity index (χ0) is 19.2. The maximum atomic E-state index is 12.5. The topological polar surface area (TPSA) is 104 Å². The molecule has 0 fully saturated rings. The molecule has 0 radical (unpaired) electrons. The molecule has 0 unspecified atom stereocenters. The van der Waals surface area contributed by atoms with E-state index in [-0.39, 0.29) is 16.4 Å². The van der Waals surface area contributed by atoms with Crippen molar-refractivity contribution < 1.29 is 23.1 Å². The fourth-order valence-corrected chi connectivity index (χ4v) is 3.95. The molecule has 0 aliphatic carbocycles. The van der Waals surface area contributed by atoms with Crippen LogP contribution >= 0.6 is 0 Å². The molecule has 0 bridgehead atoms. The number of rotatable bonds is 9. The minimum Gasteiger partial charge on any atom is -0.480 e. The molecule has 1 atom stereocenters. The number of nitrogens with one attached hydrogen (secondary N) is 1. The monoisotopic (exact) mass is 370 g/mol. The van der Waals surface area contributed by atoms with E-state index in [1.165, 1.54) is 28.6 Å². The summed E-state index contributed by atoms with van der Waals surface area (Å²) in [5.41, 5.74) is 0.114. The summed E-state index contributed by atoms with van der Waals surface area (Å²) in [4.78, 5) is 23.6. The molecule has 1 aromatic carbocycles. The second kappa shape index (κ2) is 8.96. The third-order valence-corrected chi connectivity index (χ3v) is 5.80. The Kier molecular flexibility index (Phi) is 7.57. The summed E-state index contributed by atoms with van der Waals surface area (Å²) < 4.78 is 26.4. The first-order valence-electron chi connectivity index (χ1n) is 8.27. The number of aliphatic carboxylic acids is 1. The summed E-state index contributed by atoms with van der Waals surface area (Å²) in [6, 6.07) is 4.62. The van der Waals surface area contributed by atoms with Crippen LogP contribution in [0.1, 0.15) is 44.5 Å². The normalized spacial score (nSPS) is 13.0. The molecule has 0 aliphatic rings. The molecular weight excluding hydrogens is 344 g/mol. The number of carbonyl (C=O) groups excluding carboxylic acids is 1. The molecule has 0 saturated heterocycles. The van der Waals surface area contributed by atoms with Crippen molar-refractivity contribution in [3.05, 3.63) is 29.8 Å². The standard InChI is InChI=1S/C17H26N2O5S/c1-5-19(6-2)25(23,24)14-9-7-8-13(11-14)16(20)18-15(17(21)22)10-12(3)4/h7-9,11-12,15H,5-6,10H2,1-4H3,(H,18,20)(H,21,22)/t15-/m0/s1. The summed E-state index contributed by atoms with van der Waals surface area (Å²) in [6.07, 6.45) is 0.290. The van der Waals surface area contributed by atoms with Crippen LogP contribution in [0.2, 0.25) is 0 Å². The van der Waals surface area contributed by atoms with E-state index in [0.29, 0.717) is 19.5 Å². The van der Waals surface area contributed by atoms with Gasteiger partial charge in [-0.15, -0.1) is 0 Å². The van der Waals surface area contributed by atoms with Crippen molar-refractivity contribution in [2.45, 2.75) is 45.1 Å². The minimum absolute atomic E-state index is 0.0135. The summed E-state index contributed by atoms with van der Waals surface area (Å²) >= 11 is 0. The van der Waals surface area contributed by atoms with E-state index in [4.69, 9.17) is 0 Å². The van der Waals surface area contributed by atoms with Gasteiger partial charge in [0.05, 0.1) is 4.90 Å². The Morgan fingerprint density at radius 1 is 1.20 bits per heavy atom. The van der Waals surface area contributed by atoms with Gasteiger partial charge >= 0.3 is 5.97 Å². The molecule has 1 aromatic rings. The van der Waals surface area contributed by atoms with Crippen molar-refractivity contribution in [3.8, 4) is 0 Å². The molecular formula is C17H26N2O5S. The van der Waals surface area contributed by atoms with Crippen molar-refractivity contribution >= 4 is 21.9 Å². The van der Waals surface area contributed by atoms with Gasteiger partial charge in [0.15, 0.2) is 0 Å². The van der Waals surface area contributed by atoms with Crippen molar-refractivity contribution in [1.29, 1.82) is 0 Å². The Balaban J connectivity index is 3.08. The first-order chi connectivity index (χ1) is 11.6. The highest BCUT2D eigenvalue weighted by Gasteiger charge is 2.25. The van der Waals surface area contributed by atoms with E-state index in [0.717, 1.165) is 0 Å². The van der Waals surface area contributed by atoms with Gasteiger partial charge in [-0.1, -0.05) is 33.8 Å². The van der Waals surface area contributed by atoms with Gasteiger partial charge in [-0.3, -0.25) is 4.79 Å². The maximum Gasteiger partial charge on any atom is 0.326 e. The smallest absolute Gasteiger partial charge is 0.326 e. The third-order valence-electron chi connectivity index (χ3n) is 3.75. The zero-order valence-electron chi connectivity index (χ0n) is 15.0. The van der Waals surface area contributed by atoms with Crippen LogP contribution in [0.15, 0.2) is 29.2 Å². The number of hydrogen-bond donors (Lipinski definition) is 2. The van der Waals surface area contributed by atoms with Crippen LogP contribution in [0.4, 0.5) is 0 Å². The highest BCUT2D eigenvalue weighted by Crippen LogP contribution is 2.17. The number of amides is 1. The van der Waals surface area contributed by atoms with Gasteiger partial charge in [-0.2, -0.15) is 4.31 Å². The van der Waals surface area contributed by atoms with Gasteiger partial charge in [0, 0.05) is 18.7 Å². The van der Waals surface area contributed by atoms with E-state index in [1.807, 2.05) is 13.8 Å². The Labute approximate surface area is 149 Å². The van der Waals surface area contributed by atoms with Gasteiger partial charge in [0.1, 0.15) is 6.04 Å². The highest BCUT2D eigenvalue weighted by molar-refractivity contribution is 7.89. The number of carboxylic acid groups (broad SMARTS) is 1. The van der Waals surface area contributed by atoms with Crippen LogP contribution in [0.25, 0.3) is 0 Å².